The minimum Gasteiger partial charge on any atom is -0.474 e. The van der Waals surface area contributed by atoms with Crippen LogP contribution in [0.15, 0.2) is 59.5 Å². The lowest BCUT2D eigenvalue weighted by molar-refractivity contribution is 0.242. The molecule has 1 atom stereocenters. The van der Waals surface area contributed by atoms with Crippen LogP contribution in [-0.4, -0.2) is 13.9 Å². The van der Waals surface area contributed by atoms with Gasteiger partial charge in [-0.25, -0.2) is 8.42 Å². The molecule has 1 heterocycles. The first kappa shape index (κ1) is 12.2. The zero-order valence-electron chi connectivity index (χ0n) is 10.3. The Bertz CT molecular complexity index is 678. The molecular formula is C15H14O3S. The number of rotatable bonds is 2. The van der Waals surface area contributed by atoms with Crippen molar-refractivity contribution in [1.29, 1.82) is 0 Å². The summed E-state index contributed by atoms with van der Waals surface area (Å²) in [5, 5.41) is 0. The van der Waals surface area contributed by atoms with Gasteiger partial charge in [-0.1, -0.05) is 36.4 Å². The SMILES string of the molecule is O=S(=O)(c1ccccc1)C1CCc2ccccc2O1. The highest BCUT2D eigenvalue weighted by atomic mass is 32.2. The van der Waals surface area contributed by atoms with Crippen LogP contribution in [0.2, 0.25) is 0 Å². The summed E-state index contributed by atoms with van der Waals surface area (Å²) in [6.07, 6.45) is 1.22. The maximum Gasteiger partial charge on any atom is 0.216 e. The predicted octanol–water partition coefficient (Wildman–Crippen LogP) is 2.81. The third kappa shape index (κ3) is 2.24. The number of fused-ring (bicyclic) bond motifs is 1. The highest BCUT2D eigenvalue weighted by Gasteiger charge is 2.32. The zero-order valence-corrected chi connectivity index (χ0v) is 11.1. The number of hydrogen-bond acceptors (Lipinski definition) is 3. The monoisotopic (exact) mass is 274 g/mol. The standard InChI is InChI=1S/C15H14O3S/c16-19(17,13-7-2-1-3-8-13)15-11-10-12-6-4-5-9-14(12)18-15/h1-9,15H,10-11H2. The molecular weight excluding hydrogens is 260 g/mol. The Morgan fingerprint density at radius 2 is 1.63 bits per heavy atom. The Morgan fingerprint density at radius 3 is 2.42 bits per heavy atom. The fourth-order valence-electron chi connectivity index (χ4n) is 2.28. The van der Waals surface area contributed by atoms with Gasteiger partial charge in [0.2, 0.25) is 15.3 Å². The van der Waals surface area contributed by atoms with Crippen LogP contribution >= 0.6 is 0 Å². The molecule has 3 nitrogen and oxygen atoms in total. The van der Waals surface area contributed by atoms with E-state index in [1.807, 2.05) is 24.3 Å². The van der Waals surface area contributed by atoms with Gasteiger partial charge in [0.05, 0.1) is 4.90 Å². The Balaban J connectivity index is 1.93. The van der Waals surface area contributed by atoms with E-state index in [-0.39, 0.29) is 0 Å². The van der Waals surface area contributed by atoms with Gasteiger partial charge in [0.1, 0.15) is 5.75 Å². The minimum absolute atomic E-state index is 0.319. The lowest BCUT2D eigenvalue weighted by Crippen LogP contribution is -2.31. The topological polar surface area (TPSA) is 43.4 Å². The molecule has 19 heavy (non-hydrogen) atoms. The van der Waals surface area contributed by atoms with Crippen molar-refractivity contribution < 1.29 is 13.2 Å². The number of aryl methyl sites for hydroxylation is 1. The maximum absolute atomic E-state index is 12.5. The summed E-state index contributed by atoms with van der Waals surface area (Å²) in [4.78, 5) is 0.319. The molecule has 1 aliphatic rings. The van der Waals surface area contributed by atoms with Gasteiger partial charge in [-0.15, -0.1) is 0 Å². The van der Waals surface area contributed by atoms with Crippen LogP contribution in [0.25, 0.3) is 0 Å². The molecule has 1 unspecified atom stereocenters. The van der Waals surface area contributed by atoms with E-state index in [9.17, 15) is 8.42 Å². The van der Waals surface area contributed by atoms with Crippen LogP contribution in [0.4, 0.5) is 0 Å². The Kier molecular flexibility index (Phi) is 3.03. The van der Waals surface area contributed by atoms with E-state index in [4.69, 9.17) is 4.74 Å². The van der Waals surface area contributed by atoms with Gasteiger partial charge in [-0.05, 0) is 30.2 Å². The third-order valence-corrected chi connectivity index (χ3v) is 5.25. The first-order valence-electron chi connectivity index (χ1n) is 6.21. The van der Waals surface area contributed by atoms with E-state index in [0.717, 1.165) is 12.0 Å². The quantitative estimate of drug-likeness (QED) is 0.845. The Hall–Kier alpha value is -1.81. The summed E-state index contributed by atoms with van der Waals surface area (Å²) in [5.41, 5.74) is 0.284. The Labute approximate surface area is 112 Å². The second kappa shape index (κ2) is 4.70. The minimum atomic E-state index is -3.43. The van der Waals surface area contributed by atoms with Gasteiger partial charge >= 0.3 is 0 Å². The molecule has 0 radical (unpaired) electrons. The van der Waals surface area contributed by atoms with Gasteiger partial charge in [0.25, 0.3) is 0 Å². The summed E-state index contributed by atoms with van der Waals surface area (Å²) in [6, 6.07) is 16.1. The smallest absolute Gasteiger partial charge is 0.216 e. The summed E-state index contributed by atoms with van der Waals surface area (Å²) in [6.45, 7) is 0. The molecule has 0 amide bonds. The molecule has 2 aromatic rings. The van der Waals surface area contributed by atoms with Gasteiger partial charge < -0.3 is 4.74 Å². The van der Waals surface area contributed by atoms with Crippen molar-refractivity contribution in [3.8, 4) is 5.75 Å². The average molecular weight is 274 g/mol. The predicted molar refractivity (Wildman–Crippen MR) is 72.8 cm³/mol. The van der Waals surface area contributed by atoms with Crippen molar-refractivity contribution in [3.63, 3.8) is 0 Å². The van der Waals surface area contributed by atoms with Gasteiger partial charge in [-0.3, -0.25) is 0 Å². The van der Waals surface area contributed by atoms with Crippen molar-refractivity contribution in [2.45, 2.75) is 23.2 Å². The van der Waals surface area contributed by atoms with Gasteiger partial charge in [0, 0.05) is 6.42 Å². The van der Waals surface area contributed by atoms with E-state index in [2.05, 4.69) is 0 Å². The fraction of sp³-hybridized carbons (Fsp3) is 0.200. The highest BCUT2D eigenvalue weighted by molar-refractivity contribution is 7.92. The summed E-state index contributed by atoms with van der Waals surface area (Å²) < 4.78 is 30.6. The maximum atomic E-state index is 12.5. The van der Waals surface area contributed by atoms with Crippen LogP contribution in [-0.2, 0) is 16.3 Å². The van der Waals surface area contributed by atoms with Crippen molar-refractivity contribution in [2.24, 2.45) is 0 Å². The summed E-state index contributed by atoms with van der Waals surface area (Å²) in [5.74, 6) is 0.679. The van der Waals surface area contributed by atoms with Crippen molar-refractivity contribution in [3.05, 3.63) is 60.2 Å². The molecule has 0 aromatic heterocycles. The van der Waals surface area contributed by atoms with E-state index < -0.39 is 15.3 Å². The number of hydrogen-bond donors (Lipinski definition) is 0. The molecule has 4 heteroatoms. The van der Waals surface area contributed by atoms with Crippen LogP contribution < -0.4 is 4.74 Å². The van der Waals surface area contributed by atoms with Crippen LogP contribution in [0, 0.1) is 0 Å². The van der Waals surface area contributed by atoms with Crippen LogP contribution in [0.5, 0.6) is 5.75 Å². The average Bonchev–Trinajstić information content (AvgIpc) is 2.47. The molecule has 0 spiro atoms. The first-order chi connectivity index (χ1) is 9.18. The molecule has 1 aliphatic heterocycles. The van der Waals surface area contributed by atoms with Crippen molar-refractivity contribution in [2.75, 3.05) is 0 Å². The van der Waals surface area contributed by atoms with Gasteiger partial charge in [0.15, 0.2) is 0 Å². The van der Waals surface area contributed by atoms with E-state index in [1.165, 1.54) is 0 Å². The molecule has 0 bridgehead atoms. The summed E-state index contributed by atoms with van der Waals surface area (Å²) >= 11 is 0. The van der Waals surface area contributed by atoms with Crippen molar-refractivity contribution in [1.82, 2.24) is 0 Å². The highest BCUT2D eigenvalue weighted by Crippen LogP contribution is 2.31. The molecule has 3 rings (SSSR count). The molecule has 0 aliphatic carbocycles. The second-order valence-corrected chi connectivity index (χ2v) is 6.64. The fourth-order valence-corrected chi connectivity index (χ4v) is 3.78. The zero-order chi connectivity index (χ0) is 13.3. The van der Waals surface area contributed by atoms with E-state index in [1.54, 1.807) is 30.3 Å². The van der Waals surface area contributed by atoms with Gasteiger partial charge in [-0.2, -0.15) is 0 Å². The number of para-hydroxylation sites is 1. The largest absolute Gasteiger partial charge is 0.474 e. The van der Waals surface area contributed by atoms with E-state index >= 15 is 0 Å². The molecule has 0 fully saturated rings. The molecule has 0 saturated carbocycles. The summed E-state index contributed by atoms with van der Waals surface area (Å²) in [7, 11) is -3.43. The number of sulfone groups is 1. The number of ether oxygens (including phenoxy) is 1. The lowest BCUT2D eigenvalue weighted by atomic mass is 10.1. The molecule has 98 valence electrons. The van der Waals surface area contributed by atoms with E-state index in [0.29, 0.717) is 17.1 Å². The number of benzene rings is 2. The second-order valence-electron chi connectivity index (χ2n) is 4.55. The molecule has 0 saturated heterocycles. The normalized spacial score (nSPS) is 18.4. The lowest BCUT2D eigenvalue weighted by Gasteiger charge is -2.25. The molecule has 0 N–H and O–H groups in total. The molecule has 2 aromatic carbocycles. The van der Waals surface area contributed by atoms with Crippen LogP contribution in [0.3, 0.4) is 0 Å². The Morgan fingerprint density at radius 1 is 0.947 bits per heavy atom. The first-order valence-corrected chi connectivity index (χ1v) is 7.76. The van der Waals surface area contributed by atoms with Crippen LogP contribution in [0.1, 0.15) is 12.0 Å². The van der Waals surface area contributed by atoms with Crippen molar-refractivity contribution >= 4 is 9.84 Å². The third-order valence-electron chi connectivity index (χ3n) is 3.30.